The van der Waals surface area contributed by atoms with Crippen molar-refractivity contribution in [2.45, 2.75) is 12.8 Å². The van der Waals surface area contributed by atoms with Gasteiger partial charge in [-0.05, 0) is 42.7 Å². The quantitative estimate of drug-likeness (QED) is 0.837. The number of methoxy groups -OCH3 is 1. The summed E-state index contributed by atoms with van der Waals surface area (Å²) in [7, 11) is 1.47. The van der Waals surface area contributed by atoms with Crippen molar-refractivity contribution in [1.82, 2.24) is 5.32 Å². The Hall–Kier alpha value is -2.04. The molecule has 21 heavy (non-hydrogen) atoms. The summed E-state index contributed by atoms with van der Waals surface area (Å²) in [4.78, 5) is 11.8. The van der Waals surface area contributed by atoms with Crippen LogP contribution in [0.25, 0.3) is 0 Å². The van der Waals surface area contributed by atoms with Crippen LogP contribution in [0.5, 0.6) is 5.75 Å². The molecule has 0 heterocycles. The Labute approximate surface area is 123 Å². The highest BCUT2D eigenvalue weighted by molar-refractivity contribution is 5.89. The number of urea groups is 1. The summed E-state index contributed by atoms with van der Waals surface area (Å²) in [6, 6.07) is 3.98. The second kappa shape index (κ2) is 5.76. The van der Waals surface area contributed by atoms with Gasteiger partial charge >= 0.3 is 6.03 Å². The summed E-state index contributed by atoms with van der Waals surface area (Å²) in [6.07, 6.45) is 6.87. The molecule has 1 aromatic carbocycles. The van der Waals surface area contributed by atoms with Gasteiger partial charge in [0, 0.05) is 12.6 Å². The zero-order valence-corrected chi connectivity index (χ0v) is 11.9. The molecule has 112 valence electrons. The number of amides is 2. The van der Waals surface area contributed by atoms with Crippen LogP contribution >= 0.6 is 0 Å². The predicted octanol–water partition coefficient (Wildman–Crippen LogP) is 3.17. The van der Waals surface area contributed by atoms with Gasteiger partial charge in [0.05, 0.1) is 12.8 Å². The first-order valence-electron chi connectivity index (χ1n) is 7.22. The summed E-state index contributed by atoms with van der Waals surface area (Å²) in [5.74, 6) is 1.70. The van der Waals surface area contributed by atoms with Crippen molar-refractivity contribution < 1.29 is 13.9 Å². The van der Waals surface area contributed by atoms with Gasteiger partial charge in [-0.3, -0.25) is 0 Å². The van der Waals surface area contributed by atoms with E-state index in [1.54, 1.807) is 6.07 Å². The van der Waals surface area contributed by atoms with Crippen molar-refractivity contribution in [2.75, 3.05) is 19.0 Å². The molecular weight excluding hydrogens is 271 g/mol. The maximum Gasteiger partial charge on any atom is 0.319 e. The van der Waals surface area contributed by atoms with E-state index in [-0.39, 0.29) is 11.7 Å². The van der Waals surface area contributed by atoms with E-state index in [0.29, 0.717) is 30.0 Å². The molecule has 5 heteroatoms. The maximum absolute atomic E-state index is 13.7. The van der Waals surface area contributed by atoms with Gasteiger partial charge in [0.1, 0.15) is 11.6 Å². The van der Waals surface area contributed by atoms with E-state index < -0.39 is 5.82 Å². The maximum atomic E-state index is 13.7. The second-order valence-electron chi connectivity index (χ2n) is 5.72. The topological polar surface area (TPSA) is 50.4 Å². The molecule has 4 nitrogen and oxygen atoms in total. The minimum atomic E-state index is -0.507. The highest BCUT2D eigenvalue weighted by atomic mass is 19.1. The Morgan fingerprint density at radius 3 is 2.86 bits per heavy atom. The van der Waals surface area contributed by atoms with Crippen molar-refractivity contribution >= 4 is 11.7 Å². The Balaban J connectivity index is 1.51. The molecule has 2 amide bonds. The standard InChI is InChI=1S/C16H19FN2O2/c1-21-13-4-5-15(14(17)8-13)19-16(20)18-9-12-7-10-2-3-11(12)6-10/h2-5,8,10-12H,6-7,9H2,1H3,(H2,18,19,20)/t10-,11+,12+/m1/s1. The van der Waals surface area contributed by atoms with Crippen LogP contribution in [0.2, 0.25) is 0 Å². The van der Waals surface area contributed by atoms with Crippen LogP contribution in [-0.2, 0) is 0 Å². The van der Waals surface area contributed by atoms with Crippen LogP contribution in [-0.4, -0.2) is 19.7 Å². The molecule has 0 aromatic heterocycles. The molecule has 0 saturated heterocycles. The van der Waals surface area contributed by atoms with Gasteiger partial charge in [-0.1, -0.05) is 12.2 Å². The smallest absolute Gasteiger partial charge is 0.319 e. The number of hydrogen-bond donors (Lipinski definition) is 2. The summed E-state index contributed by atoms with van der Waals surface area (Å²) < 4.78 is 18.7. The van der Waals surface area contributed by atoms with Gasteiger partial charge in [-0.25, -0.2) is 9.18 Å². The van der Waals surface area contributed by atoms with Crippen LogP contribution in [0.3, 0.4) is 0 Å². The number of allylic oxidation sites excluding steroid dienone is 2. The zero-order valence-electron chi connectivity index (χ0n) is 11.9. The van der Waals surface area contributed by atoms with Crippen molar-refractivity contribution in [1.29, 1.82) is 0 Å². The molecule has 3 atom stereocenters. The van der Waals surface area contributed by atoms with Crippen molar-refractivity contribution in [3.05, 3.63) is 36.2 Å². The second-order valence-corrected chi connectivity index (χ2v) is 5.72. The molecule has 0 radical (unpaired) electrons. The number of fused-ring (bicyclic) bond motifs is 2. The molecule has 0 unspecified atom stereocenters. The van der Waals surface area contributed by atoms with Crippen molar-refractivity contribution in [2.24, 2.45) is 17.8 Å². The number of ether oxygens (including phenoxy) is 1. The number of benzene rings is 1. The molecule has 1 aromatic rings. The molecule has 2 bridgehead atoms. The van der Waals surface area contributed by atoms with Crippen LogP contribution in [0.1, 0.15) is 12.8 Å². The number of nitrogens with one attached hydrogen (secondary N) is 2. The van der Waals surface area contributed by atoms with E-state index in [1.165, 1.54) is 25.7 Å². The summed E-state index contributed by atoms with van der Waals surface area (Å²) in [5, 5.41) is 5.36. The van der Waals surface area contributed by atoms with E-state index in [1.807, 2.05) is 0 Å². The monoisotopic (exact) mass is 290 g/mol. The normalized spacial score (nSPS) is 25.9. The number of halogens is 1. The Morgan fingerprint density at radius 1 is 1.38 bits per heavy atom. The van der Waals surface area contributed by atoms with E-state index in [9.17, 15) is 9.18 Å². The van der Waals surface area contributed by atoms with E-state index in [0.717, 1.165) is 6.42 Å². The molecule has 3 rings (SSSR count). The van der Waals surface area contributed by atoms with E-state index in [2.05, 4.69) is 22.8 Å². The van der Waals surface area contributed by atoms with Crippen LogP contribution in [0.4, 0.5) is 14.9 Å². The molecule has 0 spiro atoms. The minimum Gasteiger partial charge on any atom is -0.497 e. The van der Waals surface area contributed by atoms with Gasteiger partial charge in [-0.15, -0.1) is 0 Å². The summed E-state index contributed by atoms with van der Waals surface area (Å²) >= 11 is 0. The number of hydrogen-bond acceptors (Lipinski definition) is 2. The van der Waals surface area contributed by atoms with Crippen LogP contribution < -0.4 is 15.4 Å². The number of carbonyl (C=O) groups is 1. The number of anilines is 1. The fraction of sp³-hybridized carbons (Fsp3) is 0.438. The summed E-state index contributed by atoms with van der Waals surface area (Å²) in [6.45, 7) is 0.634. The fourth-order valence-corrected chi connectivity index (χ4v) is 3.24. The van der Waals surface area contributed by atoms with Gasteiger partial charge in [0.15, 0.2) is 0 Å². The highest BCUT2D eigenvalue weighted by Gasteiger charge is 2.35. The Kier molecular flexibility index (Phi) is 3.82. The van der Waals surface area contributed by atoms with Gasteiger partial charge in [0.25, 0.3) is 0 Å². The molecule has 2 N–H and O–H groups in total. The third kappa shape index (κ3) is 3.01. The lowest BCUT2D eigenvalue weighted by atomic mass is 9.94. The van der Waals surface area contributed by atoms with Gasteiger partial charge in [-0.2, -0.15) is 0 Å². The first-order chi connectivity index (χ1) is 10.2. The Morgan fingerprint density at radius 2 is 2.24 bits per heavy atom. The molecular formula is C16H19FN2O2. The molecule has 2 aliphatic rings. The molecule has 0 aliphatic heterocycles. The number of carbonyl (C=O) groups excluding carboxylic acids is 1. The summed E-state index contributed by atoms with van der Waals surface area (Å²) in [5.41, 5.74) is 0.154. The zero-order chi connectivity index (χ0) is 14.8. The molecule has 1 fully saturated rings. The van der Waals surface area contributed by atoms with Crippen LogP contribution in [0.15, 0.2) is 30.4 Å². The third-order valence-corrected chi connectivity index (χ3v) is 4.37. The van der Waals surface area contributed by atoms with E-state index >= 15 is 0 Å². The van der Waals surface area contributed by atoms with Crippen molar-refractivity contribution in [3.8, 4) is 5.75 Å². The van der Waals surface area contributed by atoms with Crippen molar-refractivity contribution in [3.63, 3.8) is 0 Å². The van der Waals surface area contributed by atoms with Gasteiger partial charge in [0.2, 0.25) is 0 Å². The lowest BCUT2D eigenvalue weighted by Crippen LogP contribution is -2.34. The predicted molar refractivity (Wildman–Crippen MR) is 78.8 cm³/mol. The van der Waals surface area contributed by atoms with E-state index in [4.69, 9.17) is 4.74 Å². The average molecular weight is 290 g/mol. The lowest BCUT2D eigenvalue weighted by Gasteiger charge is -2.18. The minimum absolute atomic E-state index is 0.154. The lowest BCUT2D eigenvalue weighted by molar-refractivity contribution is 0.249. The van der Waals surface area contributed by atoms with Gasteiger partial charge < -0.3 is 15.4 Å². The first kappa shape index (κ1) is 13.9. The molecule has 2 aliphatic carbocycles. The average Bonchev–Trinajstić information content (AvgIpc) is 3.10. The molecule has 1 saturated carbocycles. The highest BCUT2D eigenvalue weighted by Crippen LogP contribution is 2.42. The fourth-order valence-electron chi connectivity index (χ4n) is 3.24. The SMILES string of the molecule is COc1ccc(NC(=O)NC[C@@H]2C[C@@H]3C=C[C@H]2C3)c(F)c1. The number of rotatable bonds is 4. The first-order valence-corrected chi connectivity index (χ1v) is 7.22. The third-order valence-electron chi connectivity index (χ3n) is 4.37. The Bertz CT molecular complexity index is 573. The van der Waals surface area contributed by atoms with Crippen LogP contribution in [0, 0.1) is 23.6 Å². The largest absolute Gasteiger partial charge is 0.497 e.